The van der Waals surface area contributed by atoms with Gasteiger partial charge in [0.2, 0.25) is 15.9 Å². The summed E-state index contributed by atoms with van der Waals surface area (Å²) in [5.41, 5.74) is 3.05. The SMILES string of the molecule is Cc1cc(C)c(S(=O)(=O)N(CC(=O)Nc2ccc(F)cc2)Cc2ccc(Cl)c(Cl)c2)c(C)c1. The summed E-state index contributed by atoms with van der Waals surface area (Å²) < 4.78 is 41.7. The molecule has 174 valence electrons. The average molecular weight is 509 g/mol. The molecule has 0 heterocycles. The number of anilines is 1. The average Bonchev–Trinajstić information content (AvgIpc) is 2.71. The molecule has 0 spiro atoms. The van der Waals surface area contributed by atoms with Gasteiger partial charge >= 0.3 is 0 Å². The Morgan fingerprint density at radius 1 is 0.939 bits per heavy atom. The molecule has 3 aromatic rings. The van der Waals surface area contributed by atoms with Crippen LogP contribution in [0.1, 0.15) is 22.3 Å². The topological polar surface area (TPSA) is 66.5 Å². The van der Waals surface area contributed by atoms with E-state index in [4.69, 9.17) is 23.2 Å². The second kappa shape index (κ2) is 10.2. The maximum absolute atomic E-state index is 13.7. The van der Waals surface area contributed by atoms with E-state index >= 15 is 0 Å². The molecule has 0 atom stereocenters. The van der Waals surface area contributed by atoms with Gasteiger partial charge < -0.3 is 5.32 Å². The fraction of sp³-hybridized carbons (Fsp3) is 0.208. The highest BCUT2D eigenvalue weighted by atomic mass is 35.5. The summed E-state index contributed by atoms with van der Waals surface area (Å²) in [4.78, 5) is 12.9. The Kier molecular flexibility index (Phi) is 7.80. The first kappa shape index (κ1) is 25.2. The molecule has 1 N–H and O–H groups in total. The lowest BCUT2D eigenvalue weighted by atomic mass is 10.1. The third-order valence-corrected chi connectivity index (χ3v) is 7.83. The fourth-order valence-electron chi connectivity index (χ4n) is 3.66. The van der Waals surface area contributed by atoms with Gasteiger partial charge in [0, 0.05) is 12.2 Å². The molecule has 5 nitrogen and oxygen atoms in total. The molecule has 0 aliphatic heterocycles. The molecule has 0 saturated carbocycles. The zero-order valence-corrected chi connectivity index (χ0v) is 20.7. The van der Waals surface area contributed by atoms with Gasteiger partial charge in [-0.25, -0.2) is 12.8 Å². The highest BCUT2D eigenvalue weighted by Crippen LogP contribution is 2.28. The van der Waals surface area contributed by atoms with Gasteiger partial charge in [0.15, 0.2) is 0 Å². The van der Waals surface area contributed by atoms with E-state index in [1.165, 1.54) is 24.3 Å². The van der Waals surface area contributed by atoms with E-state index in [0.29, 0.717) is 27.4 Å². The number of amides is 1. The van der Waals surface area contributed by atoms with Crippen LogP contribution >= 0.6 is 23.2 Å². The molecule has 0 fully saturated rings. The molecule has 0 saturated heterocycles. The van der Waals surface area contributed by atoms with Gasteiger partial charge in [-0.2, -0.15) is 4.31 Å². The van der Waals surface area contributed by atoms with Crippen molar-refractivity contribution in [2.45, 2.75) is 32.2 Å². The summed E-state index contributed by atoms with van der Waals surface area (Å²) in [5, 5.41) is 3.23. The molecule has 9 heteroatoms. The van der Waals surface area contributed by atoms with Gasteiger partial charge in [0.25, 0.3) is 0 Å². The number of nitrogens with one attached hydrogen (secondary N) is 1. The van der Waals surface area contributed by atoms with Crippen molar-refractivity contribution in [2.24, 2.45) is 0 Å². The number of aryl methyl sites for hydroxylation is 3. The maximum atomic E-state index is 13.7. The van der Waals surface area contributed by atoms with Crippen molar-refractivity contribution in [1.82, 2.24) is 4.31 Å². The summed E-state index contributed by atoms with van der Waals surface area (Å²) in [6.07, 6.45) is 0. The lowest BCUT2D eigenvalue weighted by molar-refractivity contribution is -0.116. The summed E-state index contributed by atoms with van der Waals surface area (Å²) in [6.45, 7) is 4.79. The van der Waals surface area contributed by atoms with Crippen LogP contribution < -0.4 is 5.32 Å². The molecule has 0 aliphatic carbocycles. The highest BCUT2D eigenvalue weighted by molar-refractivity contribution is 7.89. The second-order valence-corrected chi connectivity index (χ2v) is 10.5. The maximum Gasteiger partial charge on any atom is 0.244 e. The molecule has 3 aromatic carbocycles. The molecular weight excluding hydrogens is 486 g/mol. The molecule has 0 radical (unpaired) electrons. The Morgan fingerprint density at radius 2 is 1.55 bits per heavy atom. The lowest BCUT2D eigenvalue weighted by Crippen LogP contribution is -2.38. The normalized spacial score (nSPS) is 11.6. The fourth-order valence-corrected chi connectivity index (χ4v) is 5.78. The summed E-state index contributed by atoms with van der Waals surface area (Å²) >= 11 is 12.1. The van der Waals surface area contributed by atoms with Crippen LogP contribution in [0.3, 0.4) is 0 Å². The zero-order chi connectivity index (χ0) is 24.3. The number of benzene rings is 3. The number of sulfonamides is 1. The van der Waals surface area contributed by atoms with E-state index in [0.717, 1.165) is 9.87 Å². The van der Waals surface area contributed by atoms with E-state index in [1.54, 1.807) is 44.2 Å². The number of hydrogen-bond donors (Lipinski definition) is 1. The Bertz CT molecular complexity index is 1270. The first-order valence-corrected chi connectivity index (χ1v) is 12.2. The van der Waals surface area contributed by atoms with E-state index in [1.807, 2.05) is 6.92 Å². The Hall–Kier alpha value is -2.45. The third-order valence-electron chi connectivity index (χ3n) is 4.99. The minimum Gasteiger partial charge on any atom is -0.325 e. The van der Waals surface area contributed by atoms with Gasteiger partial charge in [-0.3, -0.25) is 4.79 Å². The van der Waals surface area contributed by atoms with E-state index in [-0.39, 0.29) is 16.5 Å². The summed E-state index contributed by atoms with van der Waals surface area (Å²) in [7, 11) is -4.06. The van der Waals surface area contributed by atoms with Crippen molar-refractivity contribution < 1.29 is 17.6 Å². The van der Waals surface area contributed by atoms with Gasteiger partial charge in [-0.05, 0) is 73.9 Å². The largest absolute Gasteiger partial charge is 0.325 e. The number of hydrogen-bond acceptors (Lipinski definition) is 3. The second-order valence-electron chi connectivity index (χ2n) is 7.80. The monoisotopic (exact) mass is 508 g/mol. The number of carbonyl (C=O) groups is 1. The van der Waals surface area contributed by atoms with Gasteiger partial charge in [-0.15, -0.1) is 0 Å². The van der Waals surface area contributed by atoms with E-state index in [2.05, 4.69) is 5.32 Å². The molecule has 1 amide bonds. The predicted octanol–water partition coefficient (Wildman–Crippen LogP) is 5.89. The molecule has 3 rings (SSSR count). The lowest BCUT2D eigenvalue weighted by Gasteiger charge is -2.24. The quantitative estimate of drug-likeness (QED) is 0.432. The summed E-state index contributed by atoms with van der Waals surface area (Å²) in [5.74, 6) is -1.00. The van der Waals surface area contributed by atoms with Crippen LogP contribution in [-0.2, 0) is 21.4 Å². The Labute approximate surface area is 203 Å². The molecule has 0 unspecified atom stereocenters. The van der Waals surface area contributed by atoms with Crippen molar-refractivity contribution >= 4 is 44.8 Å². The first-order chi connectivity index (χ1) is 15.5. The standard InChI is InChI=1S/C24H23Cl2FN2O3S/c1-15-10-16(2)24(17(3)11-15)33(31,32)29(13-18-4-9-21(25)22(26)12-18)14-23(30)28-20-7-5-19(27)6-8-20/h4-12H,13-14H2,1-3H3,(H,28,30). The number of carbonyl (C=O) groups excluding carboxylic acids is 1. The number of nitrogens with zero attached hydrogens (tertiary/aromatic N) is 1. The van der Waals surface area contributed by atoms with Crippen LogP contribution in [0, 0.1) is 26.6 Å². The number of halogens is 3. The van der Waals surface area contributed by atoms with Crippen LogP contribution in [-0.4, -0.2) is 25.2 Å². The van der Waals surface area contributed by atoms with Gasteiger partial charge in [0.05, 0.1) is 21.5 Å². The predicted molar refractivity (Wildman–Crippen MR) is 130 cm³/mol. The van der Waals surface area contributed by atoms with E-state index < -0.39 is 28.3 Å². The van der Waals surface area contributed by atoms with Crippen molar-refractivity contribution in [2.75, 3.05) is 11.9 Å². The Morgan fingerprint density at radius 3 is 2.12 bits per heavy atom. The molecule has 0 aliphatic rings. The third kappa shape index (κ3) is 6.12. The van der Waals surface area contributed by atoms with Crippen molar-refractivity contribution in [3.8, 4) is 0 Å². The van der Waals surface area contributed by atoms with Gasteiger partial charge in [0.1, 0.15) is 5.82 Å². The minimum atomic E-state index is -4.06. The van der Waals surface area contributed by atoms with Crippen molar-refractivity contribution in [1.29, 1.82) is 0 Å². The Balaban J connectivity index is 1.97. The van der Waals surface area contributed by atoms with Crippen molar-refractivity contribution in [3.63, 3.8) is 0 Å². The van der Waals surface area contributed by atoms with Crippen LogP contribution in [0.15, 0.2) is 59.5 Å². The molecular formula is C24H23Cl2FN2O3S. The number of rotatable bonds is 7. The van der Waals surface area contributed by atoms with Gasteiger partial charge in [-0.1, -0.05) is 47.0 Å². The van der Waals surface area contributed by atoms with Crippen molar-refractivity contribution in [3.05, 3.63) is 92.7 Å². The van der Waals surface area contributed by atoms with Crippen LogP contribution in [0.5, 0.6) is 0 Å². The smallest absolute Gasteiger partial charge is 0.244 e. The summed E-state index contributed by atoms with van der Waals surface area (Å²) in [6, 6.07) is 13.6. The minimum absolute atomic E-state index is 0.0944. The molecule has 0 bridgehead atoms. The van der Waals surface area contributed by atoms with Crippen LogP contribution in [0.25, 0.3) is 0 Å². The first-order valence-electron chi connectivity index (χ1n) is 10.0. The molecule has 33 heavy (non-hydrogen) atoms. The zero-order valence-electron chi connectivity index (χ0n) is 18.3. The highest BCUT2D eigenvalue weighted by Gasteiger charge is 2.30. The van der Waals surface area contributed by atoms with Crippen LogP contribution in [0.4, 0.5) is 10.1 Å². The van der Waals surface area contributed by atoms with E-state index in [9.17, 15) is 17.6 Å². The van der Waals surface area contributed by atoms with Crippen LogP contribution in [0.2, 0.25) is 10.0 Å². The molecule has 0 aromatic heterocycles.